The quantitative estimate of drug-likeness (QED) is 0.471. The second-order valence-electron chi connectivity index (χ2n) is 5.24. The molecule has 0 heterocycles. The summed E-state index contributed by atoms with van der Waals surface area (Å²) in [6.45, 7) is 2.91. The second-order valence-corrected chi connectivity index (χ2v) is 5.24. The van der Waals surface area contributed by atoms with E-state index < -0.39 is 0 Å². The normalized spacial score (nSPS) is 16.1. The van der Waals surface area contributed by atoms with Crippen LogP contribution in [0.25, 0.3) is 0 Å². The predicted octanol–water partition coefficient (Wildman–Crippen LogP) is 3.86. The summed E-state index contributed by atoms with van der Waals surface area (Å²) in [6, 6.07) is 5.48. The Kier molecular flexibility index (Phi) is 4.35. The van der Waals surface area contributed by atoms with Gasteiger partial charge in [-0.2, -0.15) is 0 Å². The molecule has 0 N–H and O–H groups in total. The van der Waals surface area contributed by atoms with Crippen LogP contribution in [0.1, 0.15) is 67.8 Å². The van der Waals surface area contributed by atoms with E-state index in [1.54, 1.807) is 6.07 Å². The Morgan fingerprint density at radius 1 is 1.11 bits per heavy atom. The van der Waals surface area contributed by atoms with Crippen molar-refractivity contribution >= 4 is 11.8 Å². The molecule has 102 valence electrons. The molecule has 0 aromatic heterocycles. The van der Waals surface area contributed by atoms with E-state index in [-0.39, 0.29) is 11.8 Å². The van der Waals surface area contributed by atoms with Crippen LogP contribution in [0.3, 0.4) is 0 Å². The Morgan fingerprint density at radius 3 is 2.37 bits per heavy atom. The Morgan fingerprint density at radius 2 is 1.79 bits per heavy atom. The van der Waals surface area contributed by atoms with Gasteiger partial charge in [-0.3, -0.25) is 9.59 Å². The first kappa shape index (κ1) is 13.8. The number of Topliss-reactive ketones (excluding diaryl/α,β-unsaturated/α-hetero) is 1. The zero-order valence-electron chi connectivity index (χ0n) is 11.6. The maximum atomic E-state index is 11.4. The third kappa shape index (κ3) is 3.43. The van der Waals surface area contributed by atoms with Crippen molar-refractivity contribution in [1.82, 2.24) is 0 Å². The summed E-state index contributed by atoms with van der Waals surface area (Å²) >= 11 is 0. The van der Waals surface area contributed by atoms with E-state index >= 15 is 0 Å². The van der Waals surface area contributed by atoms with Crippen LogP contribution in [0, 0.1) is 0 Å². The molecule has 0 aliphatic heterocycles. The minimum atomic E-state index is -0.335. The number of benzene rings is 1. The third-order valence-electron chi connectivity index (χ3n) is 3.72. The molecule has 1 saturated carbocycles. The molecule has 19 heavy (non-hydrogen) atoms. The highest BCUT2D eigenvalue weighted by Gasteiger charge is 2.20. The van der Waals surface area contributed by atoms with Gasteiger partial charge in [-0.1, -0.05) is 31.4 Å². The number of ketones is 1. The molecule has 0 spiro atoms. The van der Waals surface area contributed by atoms with Gasteiger partial charge in [0.25, 0.3) is 0 Å². The van der Waals surface area contributed by atoms with Gasteiger partial charge < -0.3 is 4.74 Å². The van der Waals surface area contributed by atoms with Crippen molar-refractivity contribution in [2.75, 3.05) is 0 Å². The average Bonchev–Trinajstić information content (AvgIpc) is 2.39. The summed E-state index contributed by atoms with van der Waals surface area (Å²) < 4.78 is 5.30. The van der Waals surface area contributed by atoms with E-state index in [1.165, 1.54) is 33.1 Å². The summed E-state index contributed by atoms with van der Waals surface area (Å²) in [7, 11) is 0. The number of hydrogen-bond donors (Lipinski definition) is 0. The van der Waals surface area contributed by atoms with Gasteiger partial charge in [0.05, 0.1) is 0 Å². The van der Waals surface area contributed by atoms with Crippen LogP contribution >= 0.6 is 0 Å². The lowest BCUT2D eigenvalue weighted by molar-refractivity contribution is -0.131. The topological polar surface area (TPSA) is 43.4 Å². The molecule has 0 radical (unpaired) electrons. The number of hydrogen-bond acceptors (Lipinski definition) is 3. The fraction of sp³-hybridized carbons (Fsp3) is 0.500. The molecule has 2 rings (SSSR count). The molecule has 0 saturated heterocycles. The van der Waals surface area contributed by atoms with Crippen molar-refractivity contribution in [3.8, 4) is 5.75 Å². The van der Waals surface area contributed by atoms with Crippen molar-refractivity contribution in [3.63, 3.8) is 0 Å². The number of rotatable bonds is 3. The molecule has 1 aliphatic rings. The van der Waals surface area contributed by atoms with Gasteiger partial charge in [-0.15, -0.1) is 0 Å². The van der Waals surface area contributed by atoms with Crippen LogP contribution in [-0.4, -0.2) is 11.8 Å². The molecule has 3 nitrogen and oxygen atoms in total. The van der Waals surface area contributed by atoms with Gasteiger partial charge in [0, 0.05) is 12.5 Å². The number of ether oxygens (including phenoxy) is 1. The van der Waals surface area contributed by atoms with Crippen molar-refractivity contribution in [1.29, 1.82) is 0 Å². The van der Waals surface area contributed by atoms with Gasteiger partial charge in [-0.05, 0) is 37.3 Å². The van der Waals surface area contributed by atoms with E-state index in [1.807, 2.05) is 12.1 Å². The van der Waals surface area contributed by atoms with Gasteiger partial charge >= 0.3 is 5.97 Å². The largest absolute Gasteiger partial charge is 0.426 e. The Bertz CT molecular complexity index is 485. The molecule has 3 heteroatoms. The summed E-state index contributed by atoms with van der Waals surface area (Å²) in [5, 5.41) is 0. The van der Waals surface area contributed by atoms with Crippen LogP contribution < -0.4 is 4.74 Å². The molecule has 1 fully saturated rings. The number of carbonyl (C=O) groups excluding carboxylic acids is 2. The Hall–Kier alpha value is -1.64. The monoisotopic (exact) mass is 260 g/mol. The highest BCUT2D eigenvalue weighted by Crippen LogP contribution is 2.38. The fourth-order valence-electron chi connectivity index (χ4n) is 2.75. The minimum absolute atomic E-state index is 0.0106. The van der Waals surface area contributed by atoms with Crippen molar-refractivity contribution in [2.45, 2.75) is 51.9 Å². The van der Waals surface area contributed by atoms with Crippen molar-refractivity contribution in [2.24, 2.45) is 0 Å². The average molecular weight is 260 g/mol. The maximum Gasteiger partial charge on any atom is 0.308 e. The molecule has 1 aromatic carbocycles. The lowest BCUT2D eigenvalue weighted by atomic mass is 9.83. The standard InChI is InChI=1S/C16H20O3/c1-11(17)14-8-9-15(13-6-4-3-5-7-13)16(10-14)19-12(2)18/h8-10,13H,3-7H2,1-2H3. The highest BCUT2D eigenvalue weighted by atomic mass is 16.5. The Balaban J connectivity index is 2.34. The molecule has 0 unspecified atom stereocenters. The van der Waals surface area contributed by atoms with E-state index in [0.717, 1.165) is 18.4 Å². The second kappa shape index (κ2) is 6.00. The maximum absolute atomic E-state index is 11.4. The first-order valence-electron chi connectivity index (χ1n) is 6.91. The van der Waals surface area contributed by atoms with Gasteiger partial charge in [0.2, 0.25) is 0 Å². The van der Waals surface area contributed by atoms with E-state index in [0.29, 0.717) is 17.2 Å². The minimum Gasteiger partial charge on any atom is -0.426 e. The van der Waals surface area contributed by atoms with Crippen molar-refractivity contribution in [3.05, 3.63) is 29.3 Å². The van der Waals surface area contributed by atoms with Gasteiger partial charge in [0.1, 0.15) is 5.75 Å². The highest BCUT2D eigenvalue weighted by molar-refractivity contribution is 5.94. The molecular formula is C16H20O3. The molecule has 1 aromatic rings. The van der Waals surface area contributed by atoms with Crippen LogP contribution in [0.15, 0.2) is 18.2 Å². The number of carbonyl (C=O) groups is 2. The molecule has 0 atom stereocenters. The van der Waals surface area contributed by atoms with Crippen molar-refractivity contribution < 1.29 is 14.3 Å². The van der Waals surface area contributed by atoms with E-state index in [9.17, 15) is 9.59 Å². The van der Waals surface area contributed by atoms with Crippen LogP contribution in [0.2, 0.25) is 0 Å². The van der Waals surface area contributed by atoms with Gasteiger partial charge in [-0.25, -0.2) is 0 Å². The first-order valence-corrected chi connectivity index (χ1v) is 6.91. The lowest BCUT2D eigenvalue weighted by Crippen LogP contribution is -2.10. The molecule has 0 bridgehead atoms. The fourth-order valence-corrected chi connectivity index (χ4v) is 2.75. The van der Waals surface area contributed by atoms with E-state index in [2.05, 4.69) is 0 Å². The predicted molar refractivity (Wildman–Crippen MR) is 73.6 cm³/mol. The smallest absolute Gasteiger partial charge is 0.308 e. The SMILES string of the molecule is CC(=O)Oc1cc(C(C)=O)ccc1C1CCCCC1. The number of esters is 1. The molecule has 0 amide bonds. The molecular weight excluding hydrogens is 240 g/mol. The first-order chi connectivity index (χ1) is 9.08. The lowest BCUT2D eigenvalue weighted by Gasteiger charge is -2.24. The van der Waals surface area contributed by atoms with Crippen LogP contribution in [0.4, 0.5) is 0 Å². The Labute approximate surface area is 114 Å². The van der Waals surface area contributed by atoms with Gasteiger partial charge in [0.15, 0.2) is 5.78 Å². The van der Waals surface area contributed by atoms with Crippen LogP contribution in [0.5, 0.6) is 5.75 Å². The van der Waals surface area contributed by atoms with Crippen LogP contribution in [-0.2, 0) is 4.79 Å². The van der Waals surface area contributed by atoms with E-state index in [4.69, 9.17) is 4.74 Å². The zero-order valence-corrected chi connectivity index (χ0v) is 11.6. The molecule has 1 aliphatic carbocycles. The summed E-state index contributed by atoms with van der Waals surface area (Å²) in [4.78, 5) is 22.7. The summed E-state index contributed by atoms with van der Waals surface area (Å²) in [5.74, 6) is 0.664. The summed E-state index contributed by atoms with van der Waals surface area (Å²) in [5.41, 5.74) is 1.66. The zero-order chi connectivity index (χ0) is 13.8. The summed E-state index contributed by atoms with van der Waals surface area (Å²) in [6.07, 6.45) is 5.99. The third-order valence-corrected chi connectivity index (χ3v) is 3.72.